The van der Waals surface area contributed by atoms with Crippen molar-refractivity contribution in [3.8, 4) is 0 Å². The fraction of sp³-hybridized carbons (Fsp3) is 0.615. The minimum Gasteiger partial charge on any atom is -0.481 e. The number of carbonyl (C=O) groups is 5. The van der Waals surface area contributed by atoms with Crippen LogP contribution < -0.4 is 11.1 Å². The minimum absolute atomic E-state index is 0.318. The van der Waals surface area contributed by atoms with Crippen molar-refractivity contribution >= 4 is 29.7 Å². The van der Waals surface area contributed by atoms with Gasteiger partial charge in [-0.05, 0) is 12.8 Å². The van der Waals surface area contributed by atoms with Crippen LogP contribution in [0.25, 0.3) is 0 Å². The van der Waals surface area contributed by atoms with Gasteiger partial charge in [0.1, 0.15) is 12.1 Å². The molecule has 1 rings (SSSR count). The zero-order valence-corrected chi connectivity index (χ0v) is 12.6. The number of aliphatic carboxylic acids is 1. The molecule has 0 radical (unpaired) electrons. The highest BCUT2D eigenvalue weighted by molar-refractivity contribution is 5.95. The largest absolute Gasteiger partial charge is 0.481 e. The summed E-state index contributed by atoms with van der Waals surface area (Å²) >= 11 is 0. The number of ketones is 1. The third-order valence-corrected chi connectivity index (χ3v) is 3.34. The Bertz CT molecular complexity index is 520. The smallest absolute Gasteiger partial charge is 0.315 e. The number of urea groups is 1. The summed E-state index contributed by atoms with van der Waals surface area (Å²) in [4.78, 5) is 58.0. The molecule has 1 heterocycles. The van der Waals surface area contributed by atoms with Gasteiger partial charge in [-0.1, -0.05) is 0 Å². The Morgan fingerprint density at radius 2 is 2.00 bits per heavy atom. The zero-order chi connectivity index (χ0) is 17.6. The molecule has 1 fully saturated rings. The first-order chi connectivity index (χ1) is 10.7. The SMILES string of the molecule is CC(=O)OCC(=O)C(CC(=O)O)NC(=O)C1CCCN1C(N)=O. The average Bonchev–Trinajstić information content (AvgIpc) is 2.93. The molecule has 10 heteroatoms. The molecule has 0 saturated carbocycles. The van der Waals surface area contributed by atoms with Crippen LogP contribution in [-0.2, 0) is 23.9 Å². The van der Waals surface area contributed by atoms with Gasteiger partial charge in [-0.25, -0.2) is 4.79 Å². The van der Waals surface area contributed by atoms with E-state index in [0.717, 1.165) is 11.8 Å². The number of hydrogen-bond donors (Lipinski definition) is 3. The predicted molar refractivity (Wildman–Crippen MR) is 75.1 cm³/mol. The summed E-state index contributed by atoms with van der Waals surface area (Å²) in [5.41, 5.74) is 5.17. The second-order valence-corrected chi connectivity index (χ2v) is 5.10. The van der Waals surface area contributed by atoms with Gasteiger partial charge in [-0.3, -0.25) is 19.2 Å². The van der Waals surface area contributed by atoms with Crippen molar-refractivity contribution < 1.29 is 33.8 Å². The van der Waals surface area contributed by atoms with E-state index in [1.165, 1.54) is 0 Å². The number of nitrogens with two attached hydrogens (primary N) is 1. The van der Waals surface area contributed by atoms with E-state index < -0.39 is 54.8 Å². The molecule has 0 spiro atoms. The Kier molecular flexibility index (Phi) is 6.49. The highest BCUT2D eigenvalue weighted by Gasteiger charge is 2.35. The number of amides is 3. The van der Waals surface area contributed by atoms with E-state index in [9.17, 15) is 24.0 Å². The van der Waals surface area contributed by atoms with Crippen molar-refractivity contribution in [1.29, 1.82) is 0 Å². The first-order valence-electron chi connectivity index (χ1n) is 6.96. The van der Waals surface area contributed by atoms with Gasteiger partial charge in [0.25, 0.3) is 0 Å². The van der Waals surface area contributed by atoms with Gasteiger partial charge in [-0.2, -0.15) is 0 Å². The zero-order valence-electron chi connectivity index (χ0n) is 12.6. The van der Waals surface area contributed by atoms with E-state index in [-0.39, 0.29) is 0 Å². The molecule has 23 heavy (non-hydrogen) atoms. The van der Waals surface area contributed by atoms with Crippen LogP contribution in [0.2, 0.25) is 0 Å². The number of Topliss-reactive ketones (excluding diaryl/α,β-unsaturated/α-hetero) is 1. The molecule has 0 aliphatic carbocycles. The minimum atomic E-state index is -1.35. The van der Waals surface area contributed by atoms with Crippen molar-refractivity contribution in [3.05, 3.63) is 0 Å². The van der Waals surface area contributed by atoms with Crippen LogP contribution in [0.1, 0.15) is 26.2 Å². The lowest BCUT2D eigenvalue weighted by Crippen LogP contribution is -2.53. The van der Waals surface area contributed by atoms with Gasteiger partial charge in [0, 0.05) is 13.5 Å². The third kappa shape index (κ3) is 5.57. The molecule has 0 aromatic rings. The summed E-state index contributed by atoms with van der Waals surface area (Å²) < 4.78 is 4.52. The molecule has 2 unspecified atom stereocenters. The fourth-order valence-electron chi connectivity index (χ4n) is 2.26. The lowest BCUT2D eigenvalue weighted by Gasteiger charge is -2.24. The molecule has 4 N–H and O–H groups in total. The van der Waals surface area contributed by atoms with Crippen LogP contribution in [0.5, 0.6) is 0 Å². The number of nitrogens with one attached hydrogen (secondary N) is 1. The van der Waals surface area contributed by atoms with Crippen molar-refractivity contribution in [2.75, 3.05) is 13.2 Å². The third-order valence-electron chi connectivity index (χ3n) is 3.34. The molecule has 2 atom stereocenters. The number of carbonyl (C=O) groups excluding carboxylic acids is 4. The van der Waals surface area contributed by atoms with Gasteiger partial charge >= 0.3 is 18.0 Å². The lowest BCUT2D eigenvalue weighted by atomic mass is 10.1. The quantitative estimate of drug-likeness (QED) is 0.486. The van der Waals surface area contributed by atoms with Crippen LogP contribution >= 0.6 is 0 Å². The van der Waals surface area contributed by atoms with E-state index in [1.54, 1.807) is 0 Å². The van der Waals surface area contributed by atoms with Gasteiger partial charge in [-0.15, -0.1) is 0 Å². The summed E-state index contributed by atoms with van der Waals surface area (Å²) in [5.74, 6) is -3.41. The summed E-state index contributed by atoms with van der Waals surface area (Å²) in [6, 6.07) is -2.95. The van der Waals surface area contributed by atoms with Gasteiger partial charge in [0.2, 0.25) is 5.91 Å². The number of hydrogen-bond acceptors (Lipinski definition) is 6. The second-order valence-electron chi connectivity index (χ2n) is 5.10. The molecular formula is C13H19N3O7. The van der Waals surface area contributed by atoms with E-state index in [2.05, 4.69) is 10.1 Å². The standard InChI is InChI=1S/C13H19N3O7/c1-7(17)23-6-10(18)8(5-11(19)20)15-12(21)9-3-2-4-16(9)13(14)22/h8-9H,2-6H2,1H3,(H2,14,22)(H,15,21)(H,19,20). The Balaban J connectivity index is 2.73. The van der Waals surface area contributed by atoms with Crippen LogP contribution in [0, 0.1) is 0 Å². The monoisotopic (exact) mass is 329 g/mol. The second kappa shape index (κ2) is 8.11. The van der Waals surface area contributed by atoms with Crippen molar-refractivity contribution in [2.45, 2.75) is 38.3 Å². The van der Waals surface area contributed by atoms with Crippen molar-refractivity contribution in [2.24, 2.45) is 5.73 Å². The van der Waals surface area contributed by atoms with Gasteiger partial charge in [0.15, 0.2) is 12.4 Å². The highest BCUT2D eigenvalue weighted by atomic mass is 16.5. The summed E-state index contributed by atoms with van der Waals surface area (Å²) in [7, 11) is 0. The van der Waals surface area contributed by atoms with Crippen LogP contribution in [-0.4, -0.2) is 64.9 Å². The van der Waals surface area contributed by atoms with Crippen molar-refractivity contribution in [1.82, 2.24) is 10.2 Å². The first kappa shape index (κ1) is 18.4. The molecule has 10 nitrogen and oxygen atoms in total. The molecule has 1 aliphatic heterocycles. The normalized spacial score (nSPS) is 18.1. The van der Waals surface area contributed by atoms with E-state index in [1.807, 2.05) is 0 Å². The fourth-order valence-corrected chi connectivity index (χ4v) is 2.26. The number of nitrogens with zero attached hydrogens (tertiary/aromatic N) is 1. The molecule has 0 bridgehead atoms. The number of likely N-dealkylation sites (tertiary alicyclic amines) is 1. The van der Waals surface area contributed by atoms with E-state index in [4.69, 9.17) is 10.8 Å². The van der Waals surface area contributed by atoms with E-state index in [0.29, 0.717) is 19.4 Å². The summed E-state index contributed by atoms with van der Waals surface area (Å²) in [6.07, 6.45) is 0.286. The van der Waals surface area contributed by atoms with Crippen LogP contribution in [0.3, 0.4) is 0 Å². The molecular weight excluding hydrogens is 310 g/mol. The maximum atomic E-state index is 12.2. The molecule has 1 aliphatic rings. The number of carboxylic acids is 1. The summed E-state index contributed by atoms with van der Waals surface area (Å²) in [5, 5.41) is 11.1. The number of rotatable bonds is 7. The topological polar surface area (TPSA) is 156 Å². The number of ether oxygens (including phenoxy) is 1. The molecule has 0 aromatic carbocycles. The Labute approximate surface area is 131 Å². The van der Waals surface area contributed by atoms with Gasteiger partial charge in [0.05, 0.1) is 6.42 Å². The Morgan fingerprint density at radius 1 is 1.35 bits per heavy atom. The molecule has 0 aromatic heterocycles. The maximum Gasteiger partial charge on any atom is 0.315 e. The number of primary amides is 1. The van der Waals surface area contributed by atoms with Crippen LogP contribution in [0.4, 0.5) is 4.79 Å². The molecule has 3 amide bonds. The first-order valence-corrected chi connectivity index (χ1v) is 6.96. The van der Waals surface area contributed by atoms with Crippen LogP contribution in [0.15, 0.2) is 0 Å². The molecule has 1 saturated heterocycles. The number of esters is 1. The highest BCUT2D eigenvalue weighted by Crippen LogP contribution is 2.17. The Morgan fingerprint density at radius 3 is 2.52 bits per heavy atom. The number of carboxylic acid groups (broad SMARTS) is 1. The van der Waals surface area contributed by atoms with Gasteiger partial charge < -0.3 is 25.8 Å². The average molecular weight is 329 g/mol. The predicted octanol–water partition coefficient (Wildman–Crippen LogP) is -1.38. The maximum absolute atomic E-state index is 12.2. The summed E-state index contributed by atoms with van der Waals surface area (Å²) in [6.45, 7) is 0.775. The van der Waals surface area contributed by atoms with Crippen molar-refractivity contribution in [3.63, 3.8) is 0 Å². The lowest BCUT2D eigenvalue weighted by molar-refractivity contribution is -0.147. The Hall–Kier alpha value is -2.65. The molecule has 128 valence electrons. The van der Waals surface area contributed by atoms with E-state index >= 15 is 0 Å².